The first-order chi connectivity index (χ1) is 10.7. The molecule has 0 unspecified atom stereocenters. The molecule has 0 saturated heterocycles. The van der Waals surface area contributed by atoms with Crippen molar-refractivity contribution in [1.82, 2.24) is 0 Å². The van der Waals surface area contributed by atoms with E-state index in [1.165, 1.54) is 6.07 Å². The summed E-state index contributed by atoms with van der Waals surface area (Å²) in [5, 5.41) is 11.7. The normalized spacial score (nSPS) is 11.8. The van der Waals surface area contributed by atoms with E-state index in [-0.39, 0.29) is 12.7 Å². The number of carbonyl (C=O) groups excluding carboxylic acids is 1. The van der Waals surface area contributed by atoms with Gasteiger partial charge in [0.2, 0.25) is 6.79 Å². The van der Waals surface area contributed by atoms with Crippen LogP contribution < -0.4 is 14.8 Å². The number of amides is 1. The molecule has 0 atom stereocenters. The lowest BCUT2D eigenvalue weighted by molar-refractivity contribution is 0.102. The van der Waals surface area contributed by atoms with Crippen LogP contribution in [0.2, 0.25) is 5.02 Å². The van der Waals surface area contributed by atoms with Crippen molar-refractivity contribution in [2.75, 3.05) is 12.1 Å². The van der Waals surface area contributed by atoms with Crippen LogP contribution in [0.15, 0.2) is 36.4 Å². The summed E-state index contributed by atoms with van der Waals surface area (Å²) < 4.78 is 10.5. The Kier molecular flexibility index (Phi) is 3.86. The number of carbonyl (C=O) groups is 1. The van der Waals surface area contributed by atoms with E-state index in [0.717, 1.165) is 5.56 Å². The molecule has 1 amide bonds. The number of hydrogen-bond acceptors (Lipinski definition) is 4. The predicted octanol–water partition coefficient (Wildman–Crippen LogP) is 3.39. The molecule has 0 fully saturated rings. The number of benzene rings is 2. The number of ether oxygens (including phenoxy) is 2. The molecule has 0 bridgehead atoms. The zero-order valence-electron chi connectivity index (χ0n) is 11.4. The van der Waals surface area contributed by atoms with Gasteiger partial charge in [-0.2, -0.15) is 5.26 Å². The topological polar surface area (TPSA) is 71.4 Å². The third kappa shape index (κ3) is 2.83. The Morgan fingerprint density at radius 3 is 2.77 bits per heavy atom. The molecular formula is C16H11ClN2O3. The predicted molar refractivity (Wildman–Crippen MR) is 81.3 cm³/mol. The molecule has 1 N–H and O–H groups in total. The van der Waals surface area contributed by atoms with Gasteiger partial charge in [0.25, 0.3) is 5.91 Å². The van der Waals surface area contributed by atoms with Crippen molar-refractivity contribution in [1.29, 1.82) is 5.26 Å². The molecule has 0 saturated carbocycles. The molecule has 3 rings (SSSR count). The van der Waals surface area contributed by atoms with Gasteiger partial charge in [0.15, 0.2) is 11.5 Å². The first-order valence-corrected chi connectivity index (χ1v) is 6.91. The number of hydrogen-bond donors (Lipinski definition) is 1. The number of nitrogens with one attached hydrogen (secondary N) is 1. The quantitative estimate of drug-likeness (QED) is 0.942. The molecule has 1 aliphatic rings. The highest BCUT2D eigenvalue weighted by Gasteiger charge is 2.20. The van der Waals surface area contributed by atoms with E-state index < -0.39 is 0 Å². The van der Waals surface area contributed by atoms with Crippen LogP contribution in [0.4, 0.5) is 5.69 Å². The maximum Gasteiger partial charge on any atom is 0.255 e. The van der Waals surface area contributed by atoms with Crippen molar-refractivity contribution in [3.63, 3.8) is 0 Å². The van der Waals surface area contributed by atoms with Gasteiger partial charge in [0, 0.05) is 11.3 Å². The molecule has 0 spiro atoms. The van der Waals surface area contributed by atoms with Gasteiger partial charge in [-0.3, -0.25) is 4.79 Å². The molecule has 1 aliphatic heterocycles. The van der Waals surface area contributed by atoms with Gasteiger partial charge >= 0.3 is 0 Å². The minimum Gasteiger partial charge on any atom is -0.454 e. The van der Waals surface area contributed by atoms with Crippen molar-refractivity contribution in [3.8, 4) is 17.6 Å². The SMILES string of the molecule is N#CCc1ccc(NC(=O)c2cc(Cl)c3c(c2)OCO3)cc1. The summed E-state index contributed by atoms with van der Waals surface area (Å²) in [7, 11) is 0. The molecular weight excluding hydrogens is 304 g/mol. The fourth-order valence-electron chi connectivity index (χ4n) is 2.10. The number of rotatable bonds is 3. The first-order valence-electron chi connectivity index (χ1n) is 6.54. The number of halogens is 1. The van der Waals surface area contributed by atoms with E-state index in [1.54, 1.807) is 30.3 Å². The van der Waals surface area contributed by atoms with Gasteiger partial charge in [-0.25, -0.2) is 0 Å². The highest BCUT2D eigenvalue weighted by molar-refractivity contribution is 6.32. The second kappa shape index (κ2) is 5.96. The third-order valence-corrected chi connectivity index (χ3v) is 3.47. The number of fused-ring (bicyclic) bond motifs is 1. The molecule has 5 nitrogen and oxygen atoms in total. The van der Waals surface area contributed by atoms with Gasteiger partial charge in [0.05, 0.1) is 17.5 Å². The molecule has 6 heteroatoms. The fraction of sp³-hybridized carbons (Fsp3) is 0.125. The van der Waals surface area contributed by atoms with Crippen molar-refractivity contribution in [3.05, 3.63) is 52.5 Å². The molecule has 0 aliphatic carbocycles. The summed E-state index contributed by atoms with van der Waals surface area (Å²) in [5.41, 5.74) is 1.92. The van der Waals surface area contributed by atoms with Crippen molar-refractivity contribution >= 4 is 23.2 Å². The van der Waals surface area contributed by atoms with Crippen LogP contribution in [-0.4, -0.2) is 12.7 Å². The average molecular weight is 315 g/mol. The lowest BCUT2D eigenvalue weighted by atomic mass is 10.1. The summed E-state index contributed by atoms with van der Waals surface area (Å²) in [5.74, 6) is 0.620. The number of nitrogens with zero attached hydrogens (tertiary/aromatic N) is 1. The van der Waals surface area contributed by atoms with Crippen molar-refractivity contribution < 1.29 is 14.3 Å². The van der Waals surface area contributed by atoms with Gasteiger partial charge < -0.3 is 14.8 Å². The van der Waals surface area contributed by atoms with Crippen LogP contribution in [0.3, 0.4) is 0 Å². The van der Waals surface area contributed by atoms with Gasteiger partial charge in [-0.1, -0.05) is 23.7 Å². The standard InChI is InChI=1S/C16H11ClN2O3/c17-13-7-11(8-14-15(13)22-9-21-14)16(20)19-12-3-1-10(2-4-12)5-6-18/h1-4,7-8H,5,9H2,(H,19,20). The summed E-state index contributed by atoms with van der Waals surface area (Å²) in [6, 6.07) is 12.3. The lowest BCUT2D eigenvalue weighted by Crippen LogP contribution is -2.11. The average Bonchev–Trinajstić information content (AvgIpc) is 2.98. The maximum absolute atomic E-state index is 12.3. The minimum atomic E-state index is -0.298. The first kappa shape index (κ1) is 14.2. The highest BCUT2D eigenvalue weighted by atomic mass is 35.5. The fourth-order valence-corrected chi connectivity index (χ4v) is 2.36. The Morgan fingerprint density at radius 1 is 1.27 bits per heavy atom. The van der Waals surface area contributed by atoms with E-state index in [4.69, 9.17) is 26.3 Å². The Labute approximate surface area is 132 Å². The molecule has 110 valence electrons. The Balaban J connectivity index is 1.77. The molecule has 1 heterocycles. The van der Waals surface area contributed by atoms with Crippen LogP contribution >= 0.6 is 11.6 Å². The summed E-state index contributed by atoms with van der Waals surface area (Å²) in [6.07, 6.45) is 0.339. The Bertz CT molecular complexity index is 766. The maximum atomic E-state index is 12.3. The molecule has 0 aromatic heterocycles. The van der Waals surface area contributed by atoms with Crippen LogP contribution in [0.5, 0.6) is 11.5 Å². The zero-order valence-corrected chi connectivity index (χ0v) is 12.2. The Morgan fingerprint density at radius 2 is 2.05 bits per heavy atom. The van der Waals surface area contributed by atoms with Crippen LogP contribution in [-0.2, 0) is 6.42 Å². The zero-order chi connectivity index (χ0) is 15.5. The molecule has 2 aromatic rings. The molecule has 22 heavy (non-hydrogen) atoms. The van der Waals surface area contributed by atoms with E-state index in [1.807, 2.05) is 0 Å². The summed E-state index contributed by atoms with van der Waals surface area (Å²) >= 11 is 6.06. The van der Waals surface area contributed by atoms with Gasteiger partial charge in [0.1, 0.15) is 0 Å². The van der Waals surface area contributed by atoms with Crippen LogP contribution in [0.25, 0.3) is 0 Å². The summed E-state index contributed by atoms with van der Waals surface area (Å²) in [4.78, 5) is 12.3. The van der Waals surface area contributed by atoms with Gasteiger partial charge in [-0.05, 0) is 29.8 Å². The van der Waals surface area contributed by atoms with E-state index in [0.29, 0.717) is 34.2 Å². The lowest BCUT2D eigenvalue weighted by Gasteiger charge is -2.07. The van der Waals surface area contributed by atoms with Crippen molar-refractivity contribution in [2.45, 2.75) is 6.42 Å². The van der Waals surface area contributed by atoms with Crippen LogP contribution in [0.1, 0.15) is 15.9 Å². The molecule has 2 aromatic carbocycles. The summed E-state index contributed by atoms with van der Waals surface area (Å²) in [6.45, 7) is 0.0977. The second-order valence-electron chi connectivity index (χ2n) is 4.68. The largest absolute Gasteiger partial charge is 0.454 e. The minimum absolute atomic E-state index is 0.0977. The Hall–Kier alpha value is -2.71. The number of anilines is 1. The van der Waals surface area contributed by atoms with E-state index >= 15 is 0 Å². The number of nitriles is 1. The third-order valence-electron chi connectivity index (χ3n) is 3.18. The van der Waals surface area contributed by atoms with Gasteiger partial charge in [-0.15, -0.1) is 0 Å². The molecule has 0 radical (unpaired) electrons. The second-order valence-corrected chi connectivity index (χ2v) is 5.08. The van der Waals surface area contributed by atoms with E-state index in [9.17, 15) is 4.79 Å². The van der Waals surface area contributed by atoms with Crippen LogP contribution in [0, 0.1) is 11.3 Å². The monoisotopic (exact) mass is 314 g/mol. The smallest absolute Gasteiger partial charge is 0.255 e. The van der Waals surface area contributed by atoms with Crippen molar-refractivity contribution in [2.24, 2.45) is 0 Å². The van der Waals surface area contributed by atoms with E-state index in [2.05, 4.69) is 11.4 Å². The highest BCUT2D eigenvalue weighted by Crippen LogP contribution is 2.39.